The second-order valence-corrected chi connectivity index (χ2v) is 6.27. The van der Waals surface area contributed by atoms with Crippen molar-refractivity contribution in [3.63, 3.8) is 0 Å². The van der Waals surface area contributed by atoms with Crippen molar-refractivity contribution in [3.8, 4) is 0 Å². The highest BCUT2D eigenvalue weighted by molar-refractivity contribution is 7.99. The quantitative estimate of drug-likeness (QED) is 0.584. The van der Waals surface area contributed by atoms with Crippen LogP contribution < -0.4 is 5.43 Å². The Morgan fingerprint density at radius 1 is 1.21 bits per heavy atom. The van der Waals surface area contributed by atoms with Crippen LogP contribution in [0, 0.1) is 0 Å². The molecule has 0 aliphatic rings. The van der Waals surface area contributed by atoms with E-state index >= 15 is 0 Å². The number of hydrogen-bond donors (Lipinski definition) is 2. The predicted molar refractivity (Wildman–Crippen MR) is 96.8 cm³/mol. The van der Waals surface area contributed by atoms with Crippen molar-refractivity contribution < 1.29 is 14.7 Å². The maximum Gasteiger partial charge on any atom is 0.335 e. The topological polar surface area (TPSA) is 78.8 Å². The predicted octanol–water partition coefficient (Wildman–Crippen LogP) is 3.42. The summed E-state index contributed by atoms with van der Waals surface area (Å²) < 4.78 is 0. The largest absolute Gasteiger partial charge is 0.478 e. The van der Waals surface area contributed by atoms with Gasteiger partial charge in [0.05, 0.1) is 17.5 Å². The molecule has 0 atom stereocenters. The summed E-state index contributed by atoms with van der Waals surface area (Å²) in [6, 6.07) is 13.7. The fourth-order valence-corrected chi connectivity index (χ4v) is 2.79. The number of carboxylic acids is 1. The number of aromatic carboxylic acids is 1. The van der Waals surface area contributed by atoms with E-state index in [0.29, 0.717) is 16.3 Å². The summed E-state index contributed by atoms with van der Waals surface area (Å²) in [6.07, 6.45) is 1.46. The molecule has 0 aliphatic carbocycles. The molecule has 124 valence electrons. The molecule has 24 heavy (non-hydrogen) atoms. The third-order valence-corrected chi connectivity index (χ3v) is 4.19. The molecule has 0 aromatic heterocycles. The normalized spacial score (nSPS) is 10.7. The zero-order valence-electron chi connectivity index (χ0n) is 12.6. The van der Waals surface area contributed by atoms with E-state index in [1.807, 2.05) is 18.2 Å². The van der Waals surface area contributed by atoms with Crippen LogP contribution in [0.3, 0.4) is 0 Å². The number of nitrogens with zero attached hydrogens (tertiary/aromatic N) is 1. The summed E-state index contributed by atoms with van der Waals surface area (Å²) in [5.41, 5.74) is 4.39. The number of rotatable bonds is 7. The Balaban J connectivity index is 1.73. The van der Waals surface area contributed by atoms with Gasteiger partial charge in [-0.15, -0.1) is 11.8 Å². The Labute approximate surface area is 148 Å². The van der Waals surface area contributed by atoms with Crippen LogP contribution in [0.2, 0.25) is 5.02 Å². The van der Waals surface area contributed by atoms with Gasteiger partial charge >= 0.3 is 5.97 Å². The lowest BCUT2D eigenvalue weighted by molar-refractivity contribution is -0.118. The van der Waals surface area contributed by atoms with Gasteiger partial charge in [0.15, 0.2) is 0 Å². The number of nitrogens with one attached hydrogen (secondary N) is 1. The Bertz CT molecular complexity index is 748. The van der Waals surface area contributed by atoms with Crippen LogP contribution in [-0.2, 0) is 10.5 Å². The van der Waals surface area contributed by atoms with E-state index in [0.717, 1.165) is 5.56 Å². The van der Waals surface area contributed by atoms with Crippen molar-refractivity contribution in [2.24, 2.45) is 5.10 Å². The molecule has 0 saturated heterocycles. The summed E-state index contributed by atoms with van der Waals surface area (Å²) >= 11 is 7.36. The van der Waals surface area contributed by atoms with Gasteiger partial charge in [-0.25, -0.2) is 10.2 Å². The van der Waals surface area contributed by atoms with Crippen LogP contribution in [0.15, 0.2) is 53.6 Å². The number of amides is 1. The molecule has 0 fully saturated rings. The van der Waals surface area contributed by atoms with Crippen molar-refractivity contribution in [1.82, 2.24) is 5.43 Å². The highest BCUT2D eigenvalue weighted by Crippen LogP contribution is 2.16. The van der Waals surface area contributed by atoms with Crippen molar-refractivity contribution in [2.75, 3.05) is 5.75 Å². The zero-order valence-corrected chi connectivity index (χ0v) is 14.2. The lowest BCUT2D eigenvalue weighted by atomic mass is 10.1. The van der Waals surface area contributed by atoms with Crippen molar-refractivity contribution in [1.29, 1.82) is 0 Å². The van der Waals surface area contributed by atoms with Crippen LogP contribution in [0.4, 0.5) is 0 Å². The van der Waals surface area contributed by atoms with Crippen LogP contribution in [0.25, 0.3) is 0 Å². The molecule has 0 saturated carbocycles. The molecule has 0 heterocycles. The molecule has 2 rings (SSSR count). The molecular formula is C17H15ClN2O3S. The van der Waals surface area contributed by atoms with E-state index in [1.54, 1.807) is 18.2 Å². The number of carbonyl (C=O) groups excluding carboxylic acids is 1. The van der Waals surface area contributed by atoms with E-state index in [1.165, 1.54) is 30.1 Å². The van der Waals surface area contributed by atoms with E-state index in [4.69, 9.17) is 16.7 Å². The van der Waals surface area contributed by atoms with Gasteiger partial charge in [-0.1, -0.05) is 35.9 Å². The van der Waals surface area contributed by atoms with Crippen LogP contribution in [0.5, 0.6) is 0 Å². The van der Waals surface area contributed by atoms with Gasteiger partial charge in [0, 0.05) is 10.8 Å². The molecular weight excluding hydrogens is 348 g/mol. The summed E-state index contributed by atoms with van der Waals surface area (Å²) in [7, 11) is 0. The van der Waals surface area contributed by atoms with Crippen molar-refractivity contribution in [3.05, 3.63) is 70.2 Å². The highest BCUT2D eigenvalue weighted by Gasteiger charge is 2.02. The summed E-state index contributed by atoms with van der Waals surface area (Å²) in [6.45, 7) is 0. The number of hydrazone groups is 1. The fourth-order valence-electron chi connectivity index (χ4n) is 1.81. The number of thioether (sulfide) groups is 1. The Morgan fingerprint density at radius 3 is 2.62 bits per heavy atom. The van der Waals surface area contributed by atoms with Gasteiger partial charge in [0.25, 0.3) is 0 Å². The Kier molecular flexibility index (Phi) is 6.84. The summed E-state index contributed by atoms with van der Waals surface area (Å²) in [5.74, 6) is -0.222. The number of carbonyl (C=O) groups is 2. The first-order valence-corrected chi connectivity index (χ1v) is 8.55. The summed E-state index contributed by atoms with van der Waals surface area (Å²) in [5, 5.41) is 13.3. The van der Waals surface area contributed by atoms with Gasteiger partial charge in [-0.2, -0.15) is 5.10 Å². The Morgan fingerprint density at radius 2 is 1.96 bits per heavy atom. The fraction of sp³-hybridized carbons (Fsp3) is 0.118. The highest BCUT2D eigenvalue weighted by atomic mass is 35.5. The van der Waals surface area contributed by atoms with E-state index < -0.39 is 5.97 Å². The molecule has 7 heteroatoms. The van der Waals surface area contributed by atoms with Crippen molar-refractivity contribution in [2.45, 2.75) is 5.75 Å². The van der Waals surface area contributed by atoms with Gasteiger partial charge in [-0.3, -0.25) is 4.79 Å². The molecule has 0 spiro atoms. The minimum Gasteiger partial charge on any atom is -0.478 e. The summed E-state index contributed by atoms with van der Waals surface area (Å²) in [4.78, 5) is 22.4. The molecule has 1 amide bonds. The van der Waals surface area contributed by atoms with Crippen LogP contribution in [-0.4, -0.2) is 29.0 Å². The van der Waals surface area contributed by atoms with Crippen molar-refractivity contribution >= 4 is 41.5 Å². The van der Waals surface area contributed by atoms with E-state index in [9.17, 15) is 9.59 Å². The second kappa shape index (κ2) is 9.10. The van der Waals surface area contributed by atoms with Gasteiger partial charge in [-0.05, 0) is 35.4 Å². The van der Waals surface area contributed by atoms with Gasteiger partial charge in [0.1, 0.15) is 0 Å². The standard InChI is InChI=1S/C17H15ClN2O3S/c18-15-3-1-2-13(8-15)10-24-11-16(21)20-19-9-12-4-6-14(7-5-12)17(22)23/h1-9H,10-11H2,(H,20,21)(H,22,23)/b19-9-. The number of benzene rings is 2. The molecule has 2 aromatic rings. The molecule has 5 nitrogen and oxygen atoms in total. The number of carboxylic acid groups (broad SMARTS) is 1. The molecule has 2 N–H and O–H groups in total. The van der Waals surface area contributed by atoms with E-state index in [-0.39, 0.29) is 17.2 Å². The third-order valence-electron chi connectivity index (χ3n) is 2.95. The number of hydrogen-bond acceptors (Lipinski definition) is 4. The maximum absolute atomic E-state index is 11.7. The average Bonchev–Trinajstić information content (AvgIpc) is 2.55. The first kappa shape index (κ1) is 18.0. The average molecular weight is 363 g/mol. The lowest BCUT2D eigenvalue weighted by Crippen LogP contribution is -2.19. The lowest BCUT2D eigenvalue weighted by Gasteiger charge is -2.02. The number of halogens is 1. The minimum absolute atomic E-state index is 0.202. The van der Waals surface area contributed by atoms with Crippen LogP contribution >= 0.6 is 23.4 Å². The SMILES string of the molecule is O=C(CSCc1cccc(Cl)c1)N/N=C\c1ccc(C(=O)O)cc1. The molecule has 0 bridgehead atoms. The zero-order chi connectivity index (χ0) is 17.4. The van der Waals surface area contributed by atoms with Crippen LogP contribution in [0.1, 0.15) is 21.5 Å². The third kappa shape index (κ3) is 6.06. The first-order valence-electron chi connectivity index (χ1n) is 7.02. The van der Waals surface area contributed by atoms with E-state index in [2.05, 4.69) is 10.5 Å². The molecule has 0 radical (unpaired) electrons. The smallest absolute Gasteiger partial charge is 0.335 e. The molecule has 0 unspecified atom stereocenters. The van der Waals surface area contributed by atoms with Gasteiger partial charge < -0.3 is 5.11 Å². The molecule has 0 aliphatic heterocycles. The Hall–Kier alpha value is -2.31. The first-order chi connectivity index (χ1) is 11.5. The maximum atomic E-state index is 11.7. The molecule has 2 aromatic carbocycles. The van der Waals surface area contributed by atoms with Gasteiger partial charge in [0.2, 0.25) is 5.91 Å². The second-order valence-electron chi connectivity index (χ2n) is 4.84. The monoisotopic (exact) mass is 362 g/mol. The minimum atomic E-state index is -0.983.